The van der Waals surface area contributed by atoms with Crippen LogP contribution in [0.25, 0.3) is 0 Å². The van der Waals surface area contributed by atoms with E-state index in [9.17, 15) is 4.39 Å². The summed E-state index contributed by atoms with van der Waals surface area (Å²) in [6.45, 7) is 5.49. The summed E-state index contributed by atoms with van der Waals surface area (Å²) in [6, 6.07) is 0. The maximum atomic E-state index is 13.7. The van der Waals surface area contributed by atoms with Crippen LogP contribution in [0.4, 0.5) is 4.39 Å². The molecular weight excluding hydrogens is 215 g/mol. The van der Waals surface area contributed by atoms with Gasteiger partial charge in [0.2, 0.25) is 0 Å². The van der Waals surface area contributed by atoms with Crippen LogP contribution in [-0.2, 0) is 0 Å². The molecule has 0 unspecified atom stereocenters. The van der Waals surface area contributed by atoms with Crippen molar-refractivity contribution in [3.63, 3.8) is 0 Å². The molecule has 2 aliphatic heterocycles. The number of hydrogen-bond donors (Lipinski definition) is 0. The summed E-state index contributed by atoms with van der Waals surface area (Å²) in [5, 5.41) is 0. The number of alkyl halides is 1. The van der Waals surface area contributed by atoms with E-state index in [-0.39, 0.29) is 0 Å². The number of rotatable bonds is 2. The largest absolute Gasteiger partial charge is 0.306 e. The molecule has 3 rings (SSSR count). The molecule has 3 fully saturated rings. The third-order valence-corrected chi connectivity index (χ3v) is 5.26. The van der Waals surface area contributed by atoms with Crippen molar-refractivity contribution < 1.29 is 4.39 Å². The fourth-order valence-corrected chi connectivity index (χ4v) is 3.47. The summed E-state index contributed by atoms with van der Waals surface area (Å²) in [5.41, 5.74) is -0.187. The van der Waals surface area contributed by atoms with Gasteiger partial charge in [-0.05, 0) is 77.2 Å². The van der Waals surface area contributed by atoms with Gasteiger partial charge in [0.1, 0.15) is 5.67 Å². The standard InChI is InChI=1S/C14H25FN2/c1-16-8-4-13(5-9-16)6-10-17(11-7-13)12-14(15)2-3-14/h2-12H2,1H3. The van der Waals surface area contributed by atoms with Crippen LogP contribution >= 0.6 is 0 Å². The first-order chi connectivity index (χ1) is 8.09. The zero-order valence-electron chi connectivity index (χ0n) is 11.1. The molecular formula is C14H25FN2. The summed E-state index contributed by atoms with van der Waals surface area (Å²) in [7, 11) is 2.22. The maximum Gasteiger partial charge on any atom is 0.123 e. The molecule has 98 valence electrons. The molecule has 1 spiro atoms. The molecule has 1 saturated carbocycles. The van der Waals surface area contributed by atoms with Crippen LogP contribution in [0.2, 0.25) is 0 Å². The summed E-state index contributed by atoms with van der Waals surface area (Å²) < 4.78 is 13.7. The van der Waals surface area contributed by atoms with Crippen LogP contribution in [0.3, 0.4) is 0 Å². The fraction of sp³-hybridized carbons (Fsp3) is 1.00. The fourth-order valence-electron chi connectivity index (χ4n) is 3.47. The Morgan fingerprint density at radius 1 is 0.882 bits per heavy atom. The summed E-state index contributed by atoms with van der Waals surface area (Å²) >= 11 is 0. The van der Waals surface area contributed by atoms with Gasteiger partial charge in [0, 0.05) is 6.54 Å². The van der Waals surface area contributed by atoms with Crippen LogP contribution in [0.1, 0.15) is 38.5 Å². The van der Waals surface area contributed by atoms with E-state index in [2.05, 4.69) is 16.8 Å². The first kappa shape index (κ1) is 11.9. The molecule has 0 radical (unpaired) electrons. The molecule has 3 aliphatic rings. The molecule has 0 aromatic rings. The quantitative estimate of drug-likeness (QED) is 0.731. The van der Waals surface area contributed by atoms with Crippen LogP contribution in [0.15, 0.2) is 0 Å². The average Bonchev–Trinajstić information content (AvgIpc) is 3.04. The first-order valence-corrected chi connectivity index (χ1v) is 7.19. The van der Waals surface area contributed by atoms with Crippen molar-refractivity contribution in [2.45, 2.75) is 44.2 Å². The van der Waals surface area contributed by atoms with E-state index < -0.39 is 5.67 Å². The van der Waals surface area contributed by atoms with E-state index in [0.29, 0.717) is 12.0 Å². The highest BCUT2D eigenvalue weighted by Gasteiger charge is 2.46. The molecule has 3 heteroatoms. The lowest BCUT2D eigenvalue weighted by atomic mass is 9.71. The Morgan fingerprint density at radius 2 is 1.41 bits per heavy atom. The summed E-state index contributed by atoms with van der Waals surface area (Å²) in [5.74, 6) is 0. The van der Waals surface area contributed by atoms with Gasteiger partial charge in [-0.3, -0.25) is 0 Å². The Hall–Kier alpha value is -0.150. The van der Waals surface area contributed by atoms with Crippen LogP contribution in [-0.4, -0.2) is 55.2 Å². The van der Waals surface area contributed by atoms with Crippen molar-refractivity contribution in [1.82, 2.24) is 9.80 Å². The van der Waals surface area contributed by atoms with Crippen LogP contribution in [0.5, 0.6) is 0 Å². The van der Waals surface area contributed by atoms with Gasteiger partial charge >= 0.3 is 0 Å². The SMILES string of the molecule is CN1CCC2(CC1)CCN(CC1(F)CC1)CC2. The predicted octanol–water partition coefficient (Wildman–Crippen LogP) is 2.30. The monoisotopic (exact) mass is 240 g/mol. The van der Waals surface area contributed by atoms with Crippen molar-refractivity contribution >= 4 is 0 Å². The van der Waals surface area contributed by atoms with Crippen molar-refractivity contribution in [3.8, 4) is 0 Å². The van der Waals surface area contributed by atoms with E-state index >= 15 is 0 Å². The van der Waals surface area contributed by atoms with Gasteiger partial charge in [0.05, 0.1) is 0 Å². The van der Waals surface area contributed by atoms with Crippen molar-refractivity contribution in [2.75, 3.05) is 39.8 Å². The second-order valence-corrected chi connectivity index (χ2v) is 6.73. The summed E-state index contributed by atoms with van der Waals surface area (Å²) in [6.07, 6.45) is 6.93. The molecule has 0 N–H and O–H groups in total. The molecule has 0 aromatic carbocycles. The third-order valence-electron chi connectivity index (χ3n) is 5.26. The molecule has 2 nitrogen and oxygen atoms in total. The Balaban J connectivity index is 1.49. The minimum atomic E-state index is -0.794. The molecule has 2 heterocycles. The van der Waals surface area contributed by atoms with E-state index in [1.54, 1.807) is 0 Å². The Labute approximate surface area is 104 Å². The van der Waals surface area contributed by atoms with E-state index in [0.717, 1.165) is 25.9 Å². The second-order valence-electron chi connectivity index (χ2n) is 6.73. The van der Waals surface area contributed by atoms with Crippen molar-refractivity contribution in [2.24, 2.45) is 5.41 Å². The number of nitrogens with zero attached hydrogens (tertiary/aromatic N) is 2. The van der Waals surface area contributed by atoms with E-state index in [1.807, 2.05) is 0 Å². The van der Waals surface area contributed by atoms with Crippen LogP contribution in [0, 0.1) is 5.41 Å². The van der Waals surface area contributed by atoms with Gasteiger partial charge < -0.3 is 9.80 Å². The average molecular weight is 240 g/mol. The Morgan fingerprint density at radius 3 is 1.94 bits per heavy atom. The highest BCUT2D eigenvalue weighted by molar-refractivity contribution is 4.98. The van der Waals surface area contributed by atoms with Crippen LogP contribution < -0.4 is 0 Å². The second kappa shape index (κ2) is 4.20. The van der Waals surface area contributed by atoms with Gasteiger partial charge in [-0.2, -0.15) is 0 Å². The van der Waals surface area contributed by atoms with Crippen molar-refractivity contribution in [1.29, 1.82) is 0 Å². The summed E-state index contributed by atoms with van der Waals surface area (Å²) in [4.78, 5) is 4.81. The molecule has 0 bridgehead atoms. The molecule has 0 amide bonds. The minimum Gasteiger partial charge on any atom is -0.306 e. The Kier molecular flexibility index (Phi) is 2.94. The number of likely N-dealkylation sites (tertiary alicyclic amines) is 2. The highest BCUT2D eigenvalue weighted by atomic mass is 19.1. The first-order valence-electron chi connectivity index (χ1n) is 7.19. The van der Waals surface area contributed by atoms with Gasteiger partial charge in [-0.15, -0.1) is 0 Å². The normalized spacial score (nSPS) is 32.8. The third kappa shape index (κ3) is 2.65. The van der Waals surface area contributed by atoms with Gasteiger partial charge in [-0.25, -0.2) is 4.39 Å². The minimum absolute atomic E-state index is 0.607. The zero-order chi connectivity index (χ0) is 11.9. The van der Waals surface area contributed by atoms with E-state index in [4.69, 9.17) is 0 Å². The lowest BCUT2D eigenvalue weighted by molar-refractivity contribution is 0.0316. The molecule has 1 aliphatic carbocycles. The predicted molar refractivity (Wildman–Crippen MR) is 67.9 cm³/mol. The highest BCUT2D eigenvalue weighted by Crippen LogP contribution is 2.44. The molecule has 0 aromatic heterocycles. The van der Waals surface area contributed by atoms with Gasteiger partial charge in [0.25, 0.3) is 0 Å². The van der Waals surface area contributed by atoms with Crippen molar-refractivity contribution in [3.05, 3.63) is 0 Å². The molecule has 17 heavy (non-hydrogen) atoms. The lowest BCUT2D eigenvalue weighted by Gasteiger charge is -2.46. The Bertz CT molecular complexity index is 270. The molecule has 2 saturated heterocycles. The van der Waals surface area contributed by atoms with Gasteiger partial charge in [0.15, 0.2) is 0 Å². The van der Waals surface area contributed by atoms with E-state index in [1.165, 1.54) is 38.8 Å². The maximum absolute atomic E-state index is 13.7. The number of piperidine rings is 2. The molecule has 0 atom stereocenters. The topological polar surface area (TPSA) is 6.48 Å². The van der Waals surface area contributed by atoms with Gasteiger partial charge in [-0.1, -0.05) is 0 Å². The smallest absolute Gasteiger partial charge is 0.123 e. The number of hydrogen-bond acceptors (Lipinski definition) is 2. The zero-order valence-corrected chi connectivity index (χ0v) is 11.1. The lowest BCUT2D eigenvalue weighted by Crippen LogP contribution is -2.47. The number of halogens is 1.